The molecule has 70 valence electrons. The quantitative estimate of drug-likeness (QED) is 0.652. The summed E-state index contributed by atoms with van der Waals surface area (Å²) in [4.78, 5) is 10.9. The zero-order valence-corrected chi connectivity index (χ0v) is 7.75. The van der Waals surface area contributed by atoms with E-state index in [1.807, 2.05) is 12.2 Å². The van der Waals surface area contributed by atoms with E-state index in [1.54, 1.807) is 6.08 Å². The molecule has 1 heterocycles. The highest BCUT2D eigenvalue weighted by molar-refractivity contribution is 5.78. The first-order valence-corrected chi connectivity index (χ1v) is 4.47. The molecule has 2 heteroatoms. The van der Waals surface area contributed by atoms with E-state index in [-0.39, 0.29) is 5.91 Å². The van der Waals surface area contributed by atoms with Crippen LogP contribution in [-0.4, -0.2) is 12.5 Å². The topological polar surface area (TPSA) is 29.1 Å². The average Bonchev–Trinajstić information content (AvgIpc) is 2.50. The first kappa shape index (κ1) is 9.78. The first-order chi connectivity index (χ1) is 6.26. The zero-order valence-electron chi connectivity index (χ0n) is 7.75. The second-order valence-electron chi connectivity index (χ2n) is 3.26. The molecule has 0 aromatic heterocycles. The van der Waals surface area contributed by atoms with Crippen LogP contribution in [0.1, 0.15) is 12.8 Å². The zero-order chi connectivity index (χ0) is 9.68. The number of hydrogen-bond donors (Lipinski definition) is 1. The van der Waals surface area contributed by atoms with Crippen molar-refractivity contribution in [1.29, 1.82) is 0 Å². The summed E-state index contributed by atoms with van der Waals surface area (Å²) in [6.07, 6.45) is 7.07. The van der Waals surface area contributed by atoms with Crippen molar-refractivity contribution in [1.82, 2.24) is 5.32 Å². The highest BCUT2D eigenvalue weighted by Crippen LogP contribution is 2.19. The molecule has 13 heavy (non-hydrogen) atoms. The van der Waals surface area contributed by atoms with Crippen LogP contribution >= 0.6 is 0 Å². The summed E-state index contributed by atoms with van der Waals surface area (Å²) in [6, 6.07) is 0. The van der Waals surface area contributed by atoms with E-state index in [9.17, 15) is 4.79 Å². The van der Waals surface area contributed by atoms with Crippen molar-refractivity contribution < 1.29 is 4.79 Å². The van der Waals surface area contributed by atoms with Gasteiger partial charge in [0.15, 0.2) is 0 Å². The SMILES string of the molecule is C=C/C=C(\C=C)CC1CNC(=O)C1. The Bertz CT molecular complexity index is 253. The molecule has 1 unspecified atom stereocenters. The van der Waals surface area contributed by atoms with Crippen molar-refractivity contribution in [2.24, 2.45) is 5.92 Å². The maximum Gasteiger partial charge on any atom is 0.220 e. The second-order valence-corrected chi connectivity index (χ2v) is 3.26. The fourth-order valence-corrected chi connectivity index (χ4v) is 1.51. The van der Waals surface area contributed by atoms with Crippen LogP contribution in [0, 0.1) is 5.92 Å². The van der Waals surface area contributed by atoms with Gasteiger partial charge in [-0.15, -0.1) is 0 Å². The highest BCUT2D eigenvalue weighted by atomic mass is 16.1. The maximum atomic E-state index is 10.9. The van der Waals surface area contributed by atoms with E-state index >= 15 is 0 Å². The molecule has 0 saturated carbocycles. The molecule has 1 fully saturated rings. The number of rotatable bonds is 4. The van der Waals surface area contributed by atoms with Crippen molar-refractivity contribution in [3.8, 4) is 0 Å². The average molecular weight is 177 g/mol. The molecular weight excluding hydrogens is 162 g/mol. The smallest absolute Gasteiger partial charge is 0.220 e. The lowest BCUT2D eigenvalue weighted by Gasteiger charge is -2.06. The molecule has 0 radical (unpaired) electrons. The Morgan fingerprint density at radius 3 is 2.85 bits per heavy atom. The van der Waals surface area contributed by atoms with Crippen LogP contribution in [0.25, 0.3) is 0 Å². The summed E-state index contributed by atoms with van der Waals surface area (Å²) in [5, 5.41) is 2.81. The summed E-state index contributed by atoms with van der Waals surface area (Å²) >= 11 is 0. The highest BCUT2D eigenvalue weighted by Gasteiger charge is 2.21. The Hall–Kier alpha value is -1.31. The minimum absolute atomic E-state index is 0.159. The Balaban J connectivity index is 2.47. The molecule has 1 rings (SSSR count). The number of carbonyl (C=O) groups excluding carboxylic acids is 1. The van der Waals surface area contributed by atoms with Crippen LogP contribution in [0.4, 0.5) is 0 Å². The van der Waals surface area contributed by atoms with Gasteiger partial charge in [0.05, 0.1) is 0 Å². The standard InChI is InChI=1S/C11H15NO/c1-3-5-9(4-2)6-10-7-11(13)12-8-10/h3-5,10H,1-2,6-8H2,(H,12,13)/b9-5+. The predicted molar refractivity (Wildman–Crippen MR) is 54.2 cm³/mol. The molecule has 1 N–H and O–H groups in total. The van der Waals surface area contributed by atoms with Gasteiger partial charge in [-0.1, -0.05) is 31.4 Å². The third-order valence-corrected chi connectivity index (χ3v) is 2.18. The first-order valence-electron chi connectivity index (χ1n) is 4.47. The largest absolute Gasteiger partial charge is 0.356 e. The molecule has 1 aliphatic heterocycles. The van der Waals surface area contributed by atoms with E-state index in [2.05, 4.69) is 18.5 Å². The minimum atomic E-state index is 0.159. The lowest BCUT2D eigenvalue weighted by atomic mass is 9.98. The van der Waals surface area contributed by atoms with Gasteiger partial charge >= 0.3 is 0 Å². The van der Waals surface area contributed by atoms with E-state index < -0.39 is 0 Å². The van der Waals surface area contributed by atoms with Crippen LogP contribution in [0.3, 0.4) is 0 Å². The van der Waals surface area contributed by atoms with Crippen molar-refractivity contribution in [2.75, 3.05) is 6.54 Å². The van der Waals surface area contributed by atoms with Crippen molar-refractivity contribution in [3.63, 3.8) is 0 Å². The van der Waals surface area contributed by atoms with Crippen LogP contribution < -0.4 is 5.32 Å². The van der Waals surface area contributed by atoms with Gasteiger partial charge < -0.3 is 5.32 Å². The molecule has 0 spiro atoms. The summed E-state index contributed by atoms with van der Waals surface area (Å²) in [7, 11) is 0. The molecular formula is C11H15NO. The fraction of sp³-hybridized carbons (Fsp3) is 0.364. The van der Waals surface area contributed by atoms with Crippen LogP contribution in [-0.2, 0) is 4.79 Å². The normalized spacial score (nSPS) is 22.6. The van der Waals surface area contributed by atoms with Crippen molar-refractivity contribution in [3.05, 3.63) is 37.0 Å². The molecule has 2 nitrogen and oxygen atoms in total. The maximum absolute atomic E-state index is 10.9. The summed E-state index contributed by atoms with van der Waals surface area (Å²) in [6.45, 7) is 8.14. The lowest BCUT2D eigenvalue weighted by Crippen LogP contribution is -2.13. The van der Waals surface area contributed by atoms with Crippen molar-refractivity contribution >= 4 is 5.91 Å². The van der Waals surface area contributed by atoms with Gasteiger partial charge in [0.1, 0.15) is 0 Å². The molecule has 0 bridgehead atoms. The molecule has 1 aliphatic rings. The molecule has 1 atom stereocenters. The van der Waals surface area contributed by atoms with E-state index in [0.29, 0.717) is 12.3 Å². The van der Waals surface area contributed by atoms with Gasteiger partial charge in [-0.25, -0.2) is 0 Å². The third-order valence-electron chi connectivity index (χ3n) is 2.18. The molecule has 0 aromatic carbocycles. The Morgan fingerprint density at radius 2 is 2.38 bits per heavy atom. The molecule has 0 aliphatic carbocycles. The molecule has 1 amide bonds. The van der Waals surface area contributed by atoms with E-state index in [0.717, 1.165) is 18.5 Å². The van der Waals surface area contributed by atoms with Gasteiger partial charge in [0, 0.05) is 13.0 Å². The van der Waals surface area contributed by atoms with E-state index in [4.69, 9.17) is 0 Å². The fourth-order valence-electron chi connectivity index (χ4n) is 1.51. The molecule has 0 aromatic rings. The predicted octanol–water partition coefficient (Wildman–Crippen LogP) is 1.81. The Labute approximate surface area is 79.0 Å². The summed E-state index contributed by atoms with van der Waals surface area (Å²) in [5.41, 5.74) is 1.15. The summed E-state index contributed by atoms with van der Waals surface area (Å²) < 4.78 is 0. The number of amides is 1. The van der Waals surface area contributed by atoms with Gasteiger partial charge in [-0.3, -0.25) is 4.79 Å². The Morgan fingerprint density at radius 1 is 1.62 bits per heavy atom. The lowest BCUT2D eigenvalue weighted by molar-refractivity contribution is -0.119. The van der Waals surface area contributed by atoms with Gasteiger partial charge in [0.2, 0.25) is 5.91 Å². The monoisotopic (exact) mass is 177 g/mol. The second kappa shape index (κ2) is 4.65. The number of carbonyl (C=O) groups is 1. The third kappa shape index (κ3) is 2.90. The number of hydrogen-bond acceptors (Lipinski definition) is 1. The van der Waals surface area contributed by atoms with Crippen molar-refractivity contribution in [2.45, 2.75) is 12.8 Å². The van der Waals surface area contributed by atoms with Crippen LogP contribution in [0.2, 0.25) is 0 Å². The number of nitrogens with one attached hydrogen (secondary N) is 1. The molecule has 1 saturated heterocycles. The van der Waals surface area contributed by atoms with E-state index in [1.165, 1.54) is 0 Å². The van der Waals surface area contributed by atoms with Gasteiger partial charge in [-0.2, -0.15) is 0 Å². The van der Waals surface area contributed by atoms with Gasteiger partial charge in [-0.05, 0) is 17.9 Å². The van der Waals surface area contributed by atoms with Gasteiger partial charge in [0.25, 0.3) is 0 Å². The van der Waals surface area contributed by atoms with Crippen LogP contribution in [0.5, 0.6) is 0 Å². The minimum Gasteiger partial charge on any atom is -0.356 e. The number of allylic oxidation sites excluding steroid dienone is 4. The van der Waals surface area contributed by atoms with Crippen LogP contribution in [0.15, 0.2) is 37.0 Å². The summed E-state index contributed by atoms with van der Waals surface area (Å²) in [5.74, 6) is 0.587. The Kier molecular flexibility index (Phi) is 3.50.